The van der Waals surface area contributed by atoms with E-state index < -0.39 is 0 Å². The summed E-state index contributed by atoms with van der Waals surface area (Å²) in [6, 6.07) is 9.66. The van der Waals surface area contributed by atoms with E-state index in [0.29, 0.717) is 18.1 Å². The number of aromatic nitrogens is 1. The fraction of sp³-hybridized carbons (Fsp3) is 0.231. The Hall–Kier alpha value is -1.41. The van der Waals surface area contributed by atoms with Crippen LogP contribution in [0.1, 0.15) is 10.6 Å². The van der Waals surface area contributed by atoms with Gasteiger partial charge in [0.05, 0.1) is 24.8 Å². The van der Waals surface area contributed by atoms with Crippen molar-refractivity contribution in [3.05, 3.63) is 39.9 Å². The van der Waals surface area contributed by atoms with Crippen molar-refractivity contribution < 1.29 is 4.74 Å². The third-order valence-corrected chi connectivity index (χ3v) is 3.79. The molecule has 0 spiro atoms. The van der Waals surface area contributed by atoms with Gasteiger partial charge in [0.1, 0.15) is 5.01 Å². The Kier molecular flexibility index (Phi) is 4.32. The number of halogens is 1. The Morgan fingerprint density at radius 1 is 1.39 bits per heavy atom. The zero-order valence-corrected chi connectivity index (χ0v) is 11.4. The van der Waals surface area contributed by atoms with Crippen LogP contribution in [0.5, 0.6) is 0 Å². The van der Waals surface area contributed by atoms with E-state index in [1.807, 2.05) is 24.3 Å². The standard InChI is InChI=1S/C13H11ClN2OS/c1-17-8-11-12(6-7-15)18-13(16-11)9-2-4-10(14)5-3-9/h2-5H,6,8H2,1H3. The molecule has 0 unspecified atom stereocenters. The van der Waals surface area contributed by atoms with Crippen molar-refractivity contribution in [2.45, 2.75) is 13.0 Å². The van der Waals surface area contributed by atoms with Gasteiger partial charge in [-0.25, -0.2) is 4.98 Å². The molecule has 1 aromatic heterocycles. The van der Waals surface area contributed by atoms with E-state index in [4.69, 9.17) is 21.6 Å². The number of thiazole rings is 1. The van der Waals surface area contributed by atoms with E-state index in [0.717, 1.165) is 21.1 Å². The van der Waals surface area contributed by atoms with Crippen molar-refractivity contribution >= 4 is 22.9 Å². The highest BCUT2D eigenvalue weighted by Crippen LogP contribution is 2.29. The predicted molar refractivity (Wildman–Crippen MR) is 72.6 cm³/mol. The summed E-state index contributed by atoms with van der Waals surface area (Å²) in [5, 5.41) is 10.4. The summed E-state index contributed by atoms with van der Waals surface area (Å²) >= 11 is 7.38. The second-order valence-electron chi connectivity index (χ2n) is 3.66. The van der Waals surface area contributed by atoms with E-state index in [1.165, 1.54) is 11.3 Å². The molecule has 92 valence electrons. The Bertz CT molecular complexity index is 572. The highest BCUT2D eigenvalue weighted by atomic mass is 35.5. The maximum atomic E-state index is 8.80. The number of methoxy groups -OCH3 is 1. The van der Waals surface area contributed by atoms with Crippen molar-refractivity contribution in [1.82, 2.24) is 4.98 Å². The Morgan fingerprint density at radius 3 is 2.72 bits per heavy atom. The van der Waals surface area contributed by atoms with Gasteiger partial charge in [-0.2, -0.15) is 5.26 Å². The van der Waals surface area contributed by atoms with Crippen molar-refractivity contribution in [2.24, 2.45) is 0 Å². The Balaban J connectivity index is 2.36. The van der Waals surface area contributed by atoms with E-state index >= 15 is 0 Å². The van der Waals surface area contributed by atoms with Crippen LogP contribution in [0, 0.1) is 11.3 Å². The van der Waals surface area contributed by atoms with Gasteiger partial charge in [0.15, 0.2) is 0 Å². The van der Waals surface area contributed by atoms with Gasteiger partial charge in [-0.05, 0) is 12.1 Å². The molecular formula is C13H11ClN2OS. The molecule has 18 heavy (non-hydrogen) atoms. The van der Waals surface area contributed by atoms with Crippen LogP contribution >= 0.6 is 22.9 Å². The van der Waals surface area contributed by atoms with Crippen LogP contribution in [0.3, 0.4) is 0 Å². The molecule has 0 fully saturated rings. The van der Waals surface area contributed by atoms with Gasteiger partial charge < -0.3 is 4.74 Å². The maximum Gasteiger partial charge on any atom is 0.124 e. The molecule has 0 aliphatic heterocycles. The molecule has 1 aromatic carbocycles. The highest BCUT2D eigenvalue weighted by molar-refractivity contribution is 7.15. The molecule has 0 N–H and O–H groups in total. The van der Waals surface area contributed by atoms with E-state index in [9.17, 15) is 0 Å². The molecule has 3 nitrogen and oxygen atoms in total. The van der Waals surface area contributed by atoms with Crippen LogP contribution in [0.4, 0.5) is 0 Å². The highest BCUT2D eigenvalue weighted by Gasteiger charge is 2.12. The number of ether oxygens (including phenoxy) is 1. The number of rotatable bonds is 4. The van der Waals surface area contributed by atoms with E-state index in [1.54, 1.807) is 7.11 Å². The van der Waals surface area contributed by atoms with E-state index in [-0.39, 0.29) is 0 Å². The Labute approximate surface area is 115 Å². The first kappa shape index (κ1) is 13.0. The average Bonchev–Trinajstić information content (AvgIpc) is 2.75. The summed E-state index contributed by atoms with van der Waals surface area (Å²) in [6.45, 7) is 0.432. The molecule has 5 heteroatoms. The molecule has 2 aromatic rings. The van der Waals surface area contributed by atoms with Gasteiger partial charge in [-0.3, -0.25) is 0 Å². The van der Waals surface area contributed by atoms with Crippen LogP contribution in [0.2, 0.25) is 5.02 Å². The minimum atomic E-state index is 0.365. The fourth-order valence-corrected chi connectivity index (χ4v) is 2.69. The van der Waals surface area contributed by atoms with Crippen molar-refractivity contribution in [2.75, 3.05) is 7.11 Å². The molecule has 0 radical (unpaired) electrons. The number of nitriles is 1. The topological polar surface area (TPSA) is 45.9 Å². The van der Waals surface area contributed by atoms with E-state index in [2.05, 4.69) is 11.1 Å². The molecule has 2 rings (SSSR count). The number of nitrogens with zero attached hydrogens (tertiary/aromatic N) is 2. The van der Waals surface area contributed by atoms with Gasteiger partial charge in [0.2, 0.25) is 0 Å². The minimum absolute atomic E-state index is 0.365. The second kappa shape index (κ2) is 5.96. The van der Waals surface area contributed by atoms with Gasteiger partial charge in [-0.1, -0.05) is 23.7 Å². The molecule has 0 amide bonds. The molecule has 0 saturated heterocycles. The quantitative estimate of drug-likeness (QED) is 0.857. The maximum absolute atomic E-state index is 8.80. The summed E-state index contributed by atoms with van der Waals surface area (Å²) in [6.07, 6.45) is 0.365. The molecule has 0 aliphatic carbocycles. The normalized spacial score (nSPS) is 10.3. The molecular weight excluding hydrogens is 268 g/mol. The molecule has 0 aliphatic rings. The second-order valence-corrected chi connectivity index (χ2v) is 5.18. The first-order valence-electron chi connectivity index (χ1n) is 5.35. The van der Waals surface area contributed by atoms with Crippen LogP contribution in [-0.2, 0) is 17.8 Å². The lowest BCUT2D eigenvalue weighted by atomic mass is 10.2. The van der Waals surface area contributed by atoms with Gasteiger partial charge in [-0.15, -0.1) is 11.3 Å². The fourth-order valence-electron chi connectivity index (χ4n) is 1.56. The molecule has 0 saturated carbocycles. The molecule has 0 bridgehead atoms. The van der Waals surface area contributed by atoms with Crippen molar-refractivity contribution in [3.63, 3.8) is 0 Å². The Morgan fingerprint density at radius 2 is 2.11 bits per heavy atom. The van der Waals surface area contributed by atoms with Gasteiger partial charge in [0, 0.05) is 22.6 Å². The zero-order chi connectivity index (χ0) is 13.0. The summed E-state index contributed by atoms with van der Waals surface area (Å²) in [5.74, 6) is 0. The van der Waals surface area contributed by atoms with Crippen LogP contribution in [-0.4, -0.2) is 12.1 Å². The van der Waals surface area contributed by atoms with Crippen molar-refractivity contribution in [1.29, 1.82) is 5.26 Å². The number of hydrogen-bond acceptors (Lipinski definition) is 4. The van der Waals surface area contributed by atoms with Crippen LogP contribution in [0.15, 0.2) is 24.3 Å². The molecule has 0 atom stereocenters. The predicted octanol–water partition coefficient (Wildman–Crippen LogP) is 3.68. The largest absolute Gasteiger partial charge is 0.378 e. The summed E-state index contributed by atoms with van der Waals surface area (Å²) in [5.41, 5.74) is 1.85. The monoisotopic (exact) mass is 278 g/mol. The van der Waals surface area contributed by atoms with Gasteiger partial charge >= 0.3 is 0 Å². The smallest absolute Gasteiger partial charge is 0.124 e. The lowest BCUT2D eigenvalue weighted by Gasteiger charge is -1.96. The van der Waals surface area contributed by atoms with Crippen LogP contribution in [0.25, 0.3) is 10.6 Å². The first-order chi connectivity index (χ1) is 8.74. The van der Waals surface area contributed by atoms with Crippen LogP contribution < -0.4 is 0 Å². The SMILES string of the molecule is COCc1nc(-c2ccc(Cl)cc2)sc1CC#N. The van der Waals surface area contributed by atoms with Crippen molar-refractivity contribution in [3.8, 4) is 16.6 Å². The first-order valence-corrected chi connectivity index (χ1v) is 6.54. The minimum Gasteiger partial charge on any atom is -0.378 e. The summed E-state index contributed by atoms with van der Waals surface area (Å²) in [4.78, 5) is 5.48. The van der Waals surface area contributed by atoms with Gasteiger partial charge in [0.25, 0.3) is 0 Å². The average molecular weight is 279 g/mol. The molecule has 1 heterocycles. The summed E-state index contributed by atoms with van der Waals surface area (Å²) < 4.78 is 5.10. The zero-order valence-electron chi connectivity index (χ0n) is 9.81. The third kappa shape index (κ3) is 2.88. The lowest BCUT2D eigenvalue weighted by molar-refractivity contribution is 0.181. The lowest BCUT2D eigenvalue weighted by Crippen LogP contribution is -1.92. The summed E-state index contributed by atoms with van der Waals surface area (Å²) in [7, 11) is 1.62. The third-order valence-electron chi connectivity index (χ3n) is 2.39. The number of benzene rings is 1. The number of hydrogen-bond donors (Lipinski definition) is 0.